The molecule has 2 amide bonds. The fraction of sp³-hybridized carbons (Fsp3) is 0.478. The number of amides is 2. The van der Waals surface area contributed by atoms with E-state index in [0.29, 0.717) is 39.1 Å². The Morgan fingerprint density at radius 2 is 1.90 bits per heavy atom. The second-order valence-corrected chi connectivity index (χ2v) is 8.08. The smallest absolute Gasteiger partial charge is 0.227 e. The first-order valence-electron chi connectivity index (χ1n) is 10.8. The van der Waals surface area contributed by atoms with Gasteiger partial charge < -0.3 is 19.4 Å². The number of benzene rings is 1. The predicted molar refractivity (Wildman–Crippen MR) is 117 cm³/mol. The van der Waals surface area contributed by atoms with Gasteiger partial charge in [0.2, 0.25) is 11.8 Å². The fourth-order valence-corrected chi connectivity index (χ4v) is 4.34. The summed E-state index contributed by atoms with van der Waals surface area (Å²) in [5.41, 5.74) is 0.939. The average Bonchev–Trinajstić information content (AvgIpc) is 2.84. The molecule has 2 aliphatic heterocycles. The van der Waals surface area contributed by atoms with Gasteiger partial charge >= 0.3 is 0 Å². The third-order valence-corrected chi connectivity index (χ3v) is 6.08. The van der Waals surface area contributed by atoms with Gasteiger partial charge in [-0.2, -0.15) is 0 Å². The molecule has 31 heavy (non-hydrogen) atoms. The van der Waals surface area contributed by atoms with Crippen molar-refractivity contribution < 1.29 is 14.3 Å². The molecule has 2 saturated heterocycles. The van der Waals surface area contributed by atoms with Crippen molar-refractivity contribution in [3.05, 3.63) is 48.4 Å². The number of ether oxygens (including phenoxy) is 1. The van der Waals surface area contributed by atoms with Gasteiger partial charge in [-0.15, -0.1) is 0 Å². The first kappa shape index (κ1) is 21.1. The molecule has 164 valence electrons. The Morgan fingerprint density at radius 1 is 1.10 bits per heavy atom. The summed E-state index contributed by atoms with van der Waals surface area (Å²) in [6, 6.07) is 7.59. The summed E-state index contributed by atoms with van der Waals surface area (Å²) >= 11 is 0. The molecule has 3 heterocycles. The Kier molecular flexibility index (Phi) is 6.64. The maximum absolute atomic E-state index is 13.1. The molecule has 4 rings (SSSR count). The number of rotatable bonds is 5. The zero-order valence-electron chi connectivity index (χ0n) is 17.9. The molecule has 8 heteroatoms. The molecule has 0 radical (unpaired) electrons. The van der Waals surface area contributed by atoms with Crippen LogP contribution >= 0.6 is 0 Å². The van der Waals surface area contributed by atoms with Crippen LogP contribution in [0.4, 0.5) is 5.82 Å². The lowest BCUT2D eigenvalue weighted by Crippen LogP contribution is -2.54. The number of hydrogen-bond acceptors (Lipinski definition) is 6. The van der Waals surface area contributed by atoms with Crippen LogP contribution in [-0.4, -0.2) is 78.0 Å². The van der Waals surface area contributed by atoms with Crippen LogP contribution in [0.3, 0.4) is 0 Å². The van der Waals surface area contributed by atoms with Crippen LogP contribution in [0.25, 0.3) is 0 Å². The number of aromatic nitrogens is 2. The van der Waals surface area contributed by atoms with Gasteiger partial charge in [0.05, 0.1) is 25.6 Å². The van der Waals surface area contributed by atoms with Crippen molar-refractivity contribution in [2.75, 3.05) is 51.3 Å². The number of hydrogen-bond donors (Lipinski definition) is 0. The average molecular weight is 424 g/mol. The van der Waals surface area contributed by atoms with Gasteiger partial charge in [0.1, 0.15) is 11.6 Å². The number of piperazine rings is 1. The first-order chi connectivity index (χ1) is 15.1. The van der Waals surface area contributed by atoms with Crippen LogP contribution in [0.5, 0.6) is 5.75 Å². The molecule has 0 spiro atoms. The molecule has 1 unspecified atom stereocenters. The van der Waals surface area contributed by atoms with E-state index < -0.39 is 0 Å². The second-order valence-electron chi connectivity index (χ2n) is 8.08. The Balaban J connectivity index is 1.29. The van der Waals surface area contributed by atoms with Crippen molar-refractivity contribution in [1.29, 1.82) is 0 Å². The molecule has 0 saturated carbocycles. The molecular formula is C23H29N5O3. The lowest BCUT2D eigenvalue weighted by atomic mass is 9.96. The number of methoxy groups -OCH3 is 1. The fourth-order valence-electron chi connectivity index (χ4n) is 4.34. The highest BCUT2D eigenvalue weighted by Crippen LogP contribution is 2.23. The predicted octanol–water partition coefficient (Wildman–Crippen LogP) is 1.62. The van der Waals surface area contributed by atoms with E-state index in [9.17, 15) is 9.59 Å². The zero-order valence-corrected chi connectivity index (χ0v) is 17.9. The molecule has 0 aliphatic carbocycles. The van der Waals surface area contributed by atoms with Crippen LogP contribution in [-0.2, 0) is 16.0 Å². The standard InChI is InChI=1S/C23H29N5O3/c1-31-20-6-2-4-18(14-20)15-22(29)26-10-12-27(13-11-26)23(30)19-5-3-9-28(17-19)21-16-24-7-8-25-21/h2,4,6-8,14,16,19H,3,5,9-13,15,17H2,1H3. The quantitative estimate of drug-likeness (QED) is 0.727. The first-order valence-corrected chi connectivity index (χ1v) is 10.8. The van der Waals surface area contributed by atoms with E-state index in [0.717, 1.165) is 36.5 Å². The van der Waals surface area contributed by atoms with Crippen molar-refractivity contribution >= 4 is 17.6 Å². The van der Waals surface area contributed by atoms with Gasteiger partial charge in [-0.3, -0.25) is 14.6 Å². The summed E-state index contributed by atoms with van der Waals surface area (Å²) in [4.78, 5) is 40.3. The number of carbonyl (C=O) groups is 2. The molecule has 8 nitrogen and oxygen atoms in total. The highest BCUT2D eigenvalue weighted by molar-refractivity contribution is 5.81. The van der Waals surface area contributed by atoms with Gasteiger partial charge in [0.25, 0.3) is 0 Å². The van der Waals surface area contributed by atoms with Crippen LogP contribution in [0.1, 0.15) is 18.4 Å². The third-order valence-electron chi connectivity index (χ3n) is 6.08. The SMILES string of the molecule is COc1cccc(CC(=O)N2CCN(C(=O)C3CCCN(c4cnccn4)C3)CC2)c1. The summed E-state index contributed by atoms with van der Waals surface area (Å²) in [6.07, 6.45) is 7.30. The van der Waals surface area contributed by atoms with E-state index in [4.69, 9.17) is 4.74 Å². The molecule has 2 aliphatic rings. The van der Waals surface area contributed by atoms with Gasteiger partial charge in [-0.05, 0) is 30.5 Å². The summed E-state index contributed by atoms with van der Waals surface area (Å²) in [5.74, 6) is 1.83. The Labute approximate surface area is 182 Å². The van der Waals surface area contributed by atoms with Crippen LogP contribution in [0, 0.1) is 5.92 Å². The van der Waals surface area contributed by atoms with Crippen molar-refractivity contribution in [2.45, 2.75) is 19.3 Å². The Morgan fingerprint density at radius 3 is 2.65 bits per heavy atom. The summed E-state index contributed by atoms with van der Waals surface area (Å²) in [6.45, 7) is 3.90. The van der Waals surface area contributed by atoms with E-state index in [-0.39, 0.29) is 17.7 Å². The minimum absolute atomic E-state index is 0.0326. The number of carbonyl (C=O) groups excluding carboxylic acids is 2. The van der Waals surface area contributed by atoms with E-state index in [1.165, 1.54) is 0 Å². The van der Waals surface area contributed by atoms with Gasteiger partial charge in [-0.1, -0.05) is 12.1 Å². The minimum Gasteiger partial charge on any atom is -0.497 e. The maximum Gasteiger partial charge on any atom is 0.227 e. The van der Waals surface area contributed by atoms with Crippen LogP contribution < -0.4 is 9.64 Å². The molecule has 2 fully saturated rings. The maximum atomic E-state index is 13.1. The minimum atomic E-state index is -0.0326. The second kappa shape index (κ2) is 9.76. The number of piperidine rings is 1. The number of anilines is 1. The van der Waals surface area contributed by atoms with Crippen LogP contribution in [0.2, 0.25) is 0 Å². The summed E-state index contributed by atoms with van der Waals surface area (Å²) in [5, 5.41) is 0. The Bertz CT molecular complexity index is 899. The van der Waals surface area contributed by atoms with Crippen molar-refractivity contribution in [1.82, 2.24) is 19.8 Å². The summed E-state index contributed by atoms with van der Waals surface area (Å²) in [7, 11) is 1.62. The van der Waals surface area contributed by atoms with Gasteiger partial charge in [-0.25, -0.2) is 4.98 Å². The van der Waals surface area contributed by atoms with Crippen LogP contribution in [0.15, 0.2) is 42.9 Å². The van der Waals surface area contributed by atoms with Crippen molar-refractivity contribution in [3.63, 3.8) is 0 Å². The molecule has 2 aromatic rings. The number of nitrogens with zero attached hydrogens (tertiary/aromatic N) is 5. The normalized spacial score (nSPS) is 19.3. The highest BCUT2D eigenvalue weighted by atomic mass is 16.5. The molecular weight excluding hydrogens is 394 g/mol. The lowest BCUT2D eigenvalue weighted by molar-refractivity contribution is -0.142. The van der Waals surface area contributed by atoms with E-state index in [2.05, 4.69) is 14.9 Å². The molecule has 0 bridgehead atoms. The topological polar surface area (TPSA) is 78.9 Å². The third kappa shape index (κ3) is 5.13. The Hall–Kier alpha value is -3.16. The monoisotopic (exact) mass is 423 g/mol. The summed E-state index contributed by atoms with van der Waals surface area (Å²) < 4.78 is 5.24. The molecule has 1 aromatic heterocycles. The van der Waals surface area contributed by atoms with Crippen molar-refractivity contribution in [3.8, 4) is 5.75 Å². The largest absolute Gasteiger partial charge is 0.497 e. The van der Waals surface area contributed by atoms with Gasteiger partial charge in [0.15, 0.2) is 0 Å². The molecule has 1 aromatic carbocycles. The molecule has 1 atom stereocenters. The highest BCUT2D eigenvalue weighted by Gasteiger charge is 2.32. The van der Waals surface area contributed by atoms with Gasteiger partial charge in [0, 0.05) is 51.7 Å². The van der Waals surface area contributed by atoms with E-state index in [1.54, 1.807) is 25.7 Å². The van der Waals surface area contributed by atoms with E-state index in [1.807, 2.05) is 34.1 Å². The molecule has 0 N–H and O–H groups in total. The lowest BCUT2D eigenvalue weighted by Gasteiger charge is -2.39. The van der Waals surface area contributed by atoms with Crippen molar-refractivity contribution in [2.24, 2.45) is 5.92 Å². The zero-order chi connectivity index (χ0) is 21.6. The van der Waals surface area contributed by atoms with E-state index >= 15 is 0 Å².